The molecule has 4 rings (SSSR count). The number of benzene rings is 2. The van der Waals surface area contributed by atoms with Gasteiger partial charge in [-0.15, -0.1) is 10.2 Å². The topological polar surface area (TPSA) is 108 Å². The van der Waals surface area contributed by atoms with E-state index in [-0.39, 0.29) is 25.4 Å². The molecule has 0 aliphatic carbocycles. The van der Waals surface area contributed by atoms with Crippen molar-refractivity contribution in [1.82, 2.24) is 20.1 Å². The largest absolute Gasteiger partial charge is 0.445 e. The lowest BCUT2D eigenvalue weighted by molar-refractivity contribution is -0.245. The normalized spacial score (nSPS) is 19.6. The van der Waals surface area contributed by atoms with Crippen molar-refractivity contribution in [2.75, 3.05) is 12.4 Å². The van der Waals surface area contributed by atoms with Crippen molar-refractivity contribution in [2.45, 2.75) is 43.2 Å². The molecule has 0 unspecified atom stereocenters. The molecule has 2 heterocycles. The van der Waals surface area contributed by atoms with E-state index in [2.05, 4.69) is 22.1 Å². The van der Waals surface area contributed by atoms with E-state index in [9.17, 15) is 9.90 Å². The molecule has 1 aliphatic rings. The first kappa shape index (κ1) is 25.9. The van der Waals surface area contributed by atoms with Gasteiger partial charge in [-0.3, -0.25) is 0 Å². The van der Waals surface area contributed by atoms with Gasteiger partial charge in [-0.1, -0.05) is 72.9 Å². The first-order valence-electron chi connectivity index (χ1n) is 11.6. The van der Waals surface area contributed by atoms with Crippen LogP contribution >= 0.6 is 11.8 Å². The van der Waals surface area contributed by atoms with Crippen molar-refractivity contribution >= 4 is 17.9 Å². The van der Waals surface area contributed by atoms with E-state index in [4.69, 9.17) is 14.2 Å². The molecular weight excluding hydrogens is 480 g/mol. The highest BCUT2D eigenvalue weighted by atomic mass is 32.2. The molecule has 36 heavy (non-hydrogen) atoms. The number of alkyl carbamates (subject to hydrolysis) is 1. The molecule has 2 N–H and O–H groups in total. The Morgan fingerprint density at radius 3 is 2.58 bits per heavy atom. The summed E-state index contributed by atoms with van der Waals surface area (Å²) in [5.41, 5.74) is 3.70. The summed E-state index contributed by atoms with van der Waals surface area (Å²) in [6.45, 7) is 4.04. The second-order valence-electron chi connectivity index (χ2n) is 8.37. The average molecular weight is 511 g/mol. The van der Waals surface area contributed by atoms with Gasteiger partial charge >= 0.3 is 6.09 Å². The summed E-state index contributed by atoms with van der Waals surface area (Å²) in [5.74, 6) is 0.701. The lowest BCUT2D eigenvalue weighted by Gasteiger charge is -2.36. The lowest BCUT2D eigenvalue weighted by atomic mass is 10.0. The predicted octanol–water partition coefficient (Wildman–Crippen LogP) is 4.06. The minimum Gasteiger partial charge on any atom is -0.445 e. The summed E-state index contributed by atoms with van der Waals surface area (Å²) in [6.07, 6.45) is 2.61. The van der Waals surface area contributed by atoms with E-state index in [0.717, 1.165) is 27.4 Å². The van der Waals surface area contributed by atoms with Crippen LogP contribution in [0.2, 0.25) is 0 Å². The number of amides is 1. The van der Waals surface area contributed by atoms with Gasteiger partial charge in [-0.2, -0.15) is 0 Å². The number of ether oxygens (including phenoxy) is 3. The number of carbonyl (C=O) groups excluding carboxylic acids is 1. The van der Waals surface area contributed by atoms with Gasteiger partial charge in [-0.05, 0) is 16.7 Å². The van der Waals surface area contributed by atoms with E-state index in [1.165, 1.54) is 6.08 Å². The smallest absolute Gasteiger partial charge is 0.407 e. The predicted molar refractivity (Wildman–Crippen MR) is 135 cm³/mol. The van der Waals surface area contributed by atoms with Crippen molar-refractivity contribution in [1.29, 1.82) is 0 Å². The van der Waals surface area contributed by atoms with Crippen LogP contribution in [0.15, 0.2) is 72.7 Å². The number of carbonyl (C=O) groups is 1. The third-order valence-electron chi connectivity index (χ3n) is 5.70. The van der Waals surface area contributed by atoms with Gasteiger partial charge in [0.2, 0.25) is 0 Å². The van der Waals surface area contributed by atoms with Crippen LogP contribution in [0, 0.1) is 0 Å². The zero-order valence-corrected chi connectivity index (χ0v) is 20.9. The minimum absolute atomic E-state index is 0.00168. The lowest BCUT2D eigenvalue weighted by Crippen LogP contribution is -2.31. The summed E-state index contributed by atoms with van der Waals surface area (Å²) in [7, 11) is 1.91. The third kappa shape index (κ3) is 6.94. The average Bonchev–Trinajstić information content (AvgIpc) is 3.34. The van der Waals surface area contributed by atoms with Gasteiger partial charge < -0.3 is 29.2 Å². The van der Waals surface area contributed by atoms with Crippen LogP contribution in [0.3, 0.4) is 0 Å². The SMILES string of the molecule is C=CCOC(=O)NCc1ccc([C@@H]2O[C@H](CSc3nncn3C)C[C@H](c3ccc(CO)cc3)O2)cc1. The maximum atomic E-state index is 11.7. The fraction of sp³-hybridized carbons (Fsp3) is 0.346. The van der Waals surface area contributed by atoms with Crippen molar-refractivity contribution < 1.29 is 24.1 Å². The summed E-state index contributed by atoms with van der Waals surface area (Å²) >= 11 is 1.60. The van der Waals surface area contributed by atoms with Crippen LogP contribution in [0.4, 0.5) is 4.79 Å². The quantitative estimate of drug-likeness (QED) is 0.311. The number of thioether (sulfide) groups is 1. The molecule has 3 aromatic rings. The van der Waals surface area contributed by atoms with E-state index in [1.54, 1.807) is 18.1 Å². The molecular formula is C26H30N4O5S. The van der Waals surface area contributed by atoms with Gasteiger partial charge in [-0.25, -0.2) is 4.79 Å². The molecule has 2 aromatic carbocycles. The van der Waals surface area contributed by atoms with Crippen molar-refractivity contribution in [2.24, 2.45) is 7.05 Å². The number of hydrogen-bond donors (Lipinski definition) is 2. The fourth-order valence-corrected chi connectivity index (χ4v) is 4.65. The summed E-state index contributed by atoms with van der Waals surface area (Å²) in [5, 5.41) is 21.0. The van der Waals surface area contributed by atoms with Gasteiger partial charge in [0.1, 0.15) is 12.9 Å². The number of rotatable bonds is 10. The Labute approximate surface area is 214 Å². The zero-order chi connectivity index (χ0) is 25.3. The molecule has 0 saturated carbocycles. The number of nitrogens with zero attached hydrogens (tertiary/aromatic N) is 3. The van der Waals surface area contributed by atoms with E-state index in [0.29, 0.717) is 18.7 Å². The number of aliphatic hydroxyl groups is 1. The summed E-state index contributed by atoms with van der Waals surface area (Å²) < 4.78 is 19.5. The van der Waals surface area contributed by atoms with Gasteiger partial charge in [0.05, 0.1) is 18.8 Å². The molecule has 3 atom stereocenters. The van der Waals surface area contributed by atoms with E-state index >= 15 is 0 Å². The van der Waals surface area contributed by atoms with Crippen LogP contribution in [0.1, 0.15) is 41.1 Å². The molecule has 0 bridgehead atoms. The molecule has 1 saturated heterocycles. The van der Waals surface area contributed by atoms with Crippen LogP contribution in [-0.2, 0) is 34.4 Å². The molecule has 1 aliphatic heterocycles. The van der Waals surface area contributed by atoms with Crippen LogP contribution in [-0.4, -0.2) is 44.4 Å². The molecule has 1 fully saturated rings. The first-order valence-corrected chi connectivity index (χ1v) is 12.6. The standard InChI is InChI=1S/C26H30N4O5S/c1-3-12-33-26(32)27-14-18-4-10-21(11-5-18)24-34-22(16-36-25-29-28-17-30(25)2)13-23(35-24)20-8-6-19(15-31)7-9-20/h3-11,17,22-24,31H,1,12-16H2,2H3,(H,27,32)/t22-,23+,24+/m0/s1. The second-order valence-corrected chi connectivity index (χ2v) is 9.35. The molecule has 190 valence electrons. The van der Waals surface area contributed by atoms with Crippen molar-refractivity contribution in [3.05, 3.63) is 89.8 Å². The monoisotopic (exact) mass is 510 g/mol. The molecule has 0 radical (unpaired) electrons. The number of aromatic nitrogens is 3. The van der Waals surface area contributed by atoms with Crippen molar-refractivity contribution in [3.8, 4) is 0 Å². The fourth-order valence-electron chi connectivity index (χ4n) is 3.75. The Morgan fingerprint density at radius 2 is 1.92 bits per heavy atom. The highest BCUT2D eigenvalue weighted by Gasteiger charge is 2.32. The highest BCUT2D eigenvalue weighted by Crippen LogP contribution is 2.39. The Balaban J connectivity index is 1.45. The Kier molecular flexibility index (Phi) is 9.12. The Hall–Kier alpha value is -3.18. The minimum atomic E-state index is -0.550. The molecule has 1 aromatic heterocycles. The highest BCUT2D eigenvalue weighted by molar-refractivity contribution is 7.99. The molecule has 9 nitrogen and oxygen atoms in total. The maximum Gasteiger partial charge on any atom is 0.407 e. The number of aliphatic hydroxyl groups excluding tert-OH is 1. The van der Waals surface area contributed by atoms with Gasteiger partial charge in [0.15, 0.2) is 11.4 Å². The first-order chi connectivity index (χ1) is 17.6. The van der Waals surface area contributed by atoms with E-state index in [1.807, 2.05) is 60.1 Å². The Morgan fingerprint density at radius 1 is 1.19 bits per heavy atom. The van der Waals surface area contributed by atoms with Gasteiger partial charge in [0.25, 0.3) is 0 Å². The molecule has 1 amide bonds. The van der Waals surface area contributed by atoms with E-state index < -0.39 is 12.4 Å². The van der Waals surface area contributed by atoms with Crippen LogP contribution in [0.5, 0.6) is 0 Å². The number of hydrogen-bond acceptors (Lipinski definition) is 8. The number of nitrogens with one attached hydrogen (secondary N) is 1. The summed E-state index contributed by atoms with van der Waals surface area (Å²) in [6, 6.07) is 15.6. The zero-order valence-electron chi connectivity index (χ0n) is 20.1. The third-order valence-corrected chi connectivity index (χ3v) is 6.87. The van der Waals surface area contributed by atoms with Crippen LogP contribution < -0.4 is 5.32 Å². The maximum absolute atomic E-state index is 11.7. The Bertz CT molecular complexity index is 1140. The number of aryl methyl sites for hydroxylation is 1. The van der Waals surface area contributed by atoms with Gasteiger partial charge in [0, 0.05) is 31.3 Å². The molecule has 10 heteroatoms. The second kappa shape index (κ2) is 12.7. The summed E-state index contributed by atoms with van der Waals surface area (Å²) in [4.78, 5) is 11.7. The van der Waals surface area contributed by atoms with Crippen LogP contribution in [0.25, 0.3) is 0 Å². The molecule has 0 spiro atoms. The van der Waals surface area contributed by atoms with Crippen molar-refractivity contribution in [3.63, 3.8) is 0 Å².